The first-order chi connectivity index (χ1) is 12.7. The van der Waals surface area contributed by atoms with E-state index in [-0.39, 0.29) is 0 Å². The third-order valence-electron chi connectivity index (χ3n) is 4.29. The number of nitrogens with zero attached hydrogens (tertiary/aromatic N) is 6. The standard InChI is InChI=1S/C18H18N6OS/c1-26-18-22-11-15(10-20)17(23-18)24-6-3-13(4-7-24)12-25-16-8-14(9-19)2-5-21-16/h2,5,8,11,13H,3-4,6-7,12H2,1H3. The molecule has 132 valence electrons. The molecule has 1 aliphatic heterocycles. The summed E-state index contributed by atoms with van der Waals surface area (Å²) < 4.78 is 5.75. The SMILES string of the molecule is CSc1ncc(C#N)c(N2CCC(COc3cc(C#N)ccn3)CC2)n1. The van der Waals surface area contributed by atoms with E-state index in [9.17, 15) is 5.26 Å². The molecule has 0 spiro atoms. The Bertz CT molecular complexity index is 851. The van der Waals surface area contributed by atoms with E-state index in [0.717, 1.165) is 31.7 Å². The van der Waals surface area contributed by atoms with Gasteiger partial charge in [0.25, 0.3) is 0 Å². The van der Waals surface area contributed by atoms with Gasteiger partial charge in [-0.05, 0) is 31.1 Å². The van der Waals surface area contributed by atoms with Crippen molar-refractivity contribution in [1.29, 1.82) is 10.5 Å². The number of rotatable bonds is 5. The average Bonchev–Trinajstić information content (AvgIpc) is 2.72. The molecule has 0 saturated carbocycles. The van der Waals surface area contributed by atoms with Crippen molar-refractivity contribution >= 4 is 17.6 Å². The van der Waals surface area contributed by atoms with Gasteiger partial charge in [0, 0.05) is 25.4 Å². The molecule has 0 N–H and O–H groups in total. The van der Waals surface area contributed by atoms with Gasteiger partial charge in [0.1, 0.15) is 11.6 Å². The minimum atomic E-state index is 0.409. The molecule has 0 amide bonds. The quantitative estimate of drug-likeness (QED) is 0.588. The molecule has 0 aliphatic carbocycles. The first kappa shape index (κ1) is 18.0. The number of piperidine rings is 1. The minimum Gasteiger partial charge on any atom is -0.477 e. The molecule has 0 aromatic carbocycles. The van der Waals surface area contributed by atoms with E-state index in [1.807, 2.05) is 6.26 Å². The van der Waals surface area contributed by atoms with Crippen molar-refractivity contribution in [1.82, 2.24) is 15.0 Å². The summed E-state index contributed by atoms with van der Waals surface area (Å²) in [4.78, 5) is 15.0. The largest absolute Gasteiger partial charge is 0.477 e. The first-order valence-electron chi connectivity index (χ1n) is 8.28. The fourth-order valence-electron chi connectivity index (χ4n) is 2.85. The summed E-state index contributed by atoms with van der Waals surface area (Å²) in [6.07, 6.45) is 6.99. The van der Waals surface area contributed by atoms with Gasteiger partial charge >= 0.3 is 0 Å². The number of hydrogen-bond donors (Lipinski definition) is 0. The molecule has 0 atom stereocenters. The number of aromatic nitrogens is 3. The Morgan fingerprint density at radius 3 is 2.77 bits per heavy atom. The summed E-state index contributed by atoms with van der Waals surface area (Å²) in [5.41, 5.74) is 1.05. The van der Waals surface area contributed by atoms with Gasteiger partial charge in [-0.25, -0.2) is 15.0 Å². The lowest BCUT2D eigenvalue weighted by molar-refractivity contribution is 0.216. The van der Waals surface area contributed by atoms with Gasteiger partial charge in [0.05, 0.1) is 24.4 Å². The predicted molar refractivity (Wildman–Crippen MR) is 97.9 cm³/mol. The van der Waals surface area contributed by atoms with Crippen molar-refractivity contribution in [2.75, 3.05) is 30.9 Å². The zero-order valence-electron chi connectivity index (χ0n) is 14.4. The number of pyridine rings is 1. The maximum Gasteiger partial charge on any atom is 0.214 e. The van der Waals surface area contributed by atoms with Crippen molar-refractivity contribution in [2.45, 2.75) is 18.0 Å². The molecule has 1 saturated heterocycles. The Balaban J connectivity index is 1.58. The first-order valence-corrected chi connectivity index (χ1v) is 9.51. The average molecular weight is 366 g/mol. The van der Waals surface area contributed by atoms with Crippen LogP contribution in [0.15, 0.2) is 29.7 Å². The van der Waals surface area contributed by atoms with Gasteiger partial charge in [-0.2, -0.15) is 10.5 Å². The van der Waals surface area contributed by atoms with Crippen molar-refractivity contribution in [3.05, 3.63) is 35.7 Å². The Labute approximate surface area is 156 Å². The molecule has 1 fully saturated rings. The summed E-state index contributed by atoms with van der Waals surface area (Å²) >= 11 is 1.47. The fourth-order valence-corrected chi connectivity index (χ4v) is 3.18. The molecule has 1 aliphatic rings. The number of hydrogen-bond acceptors (Lipinski definition) is 8. The molecule has 3 heterocycles. The van der Waals surface area contributed by atoms with Crippen LogP contribution >= 0.6 is 11.8 Å². The van der Waals surface area contributed by atoms with E-state index in [1.165, 1.54) is 11.8 Å². The Kier molecular flexibility index (Phi) is 5.88. The van der Waals surface area contributed by atoms with Crippen LogP contribution in [0.1, 0.15) is 24.0 Å². The molecule has 2 aromatic heterocycles. The monoisotopic (exact) mass is 366 g/mol. The highest BCUT2D eigenvalue weighted by atomic mass is 32.2. The van der Waals surface area contributed by atoms with Crippen LogP contribution in [0.3, 0.4) is 0 Å². The maximum absolute atomic E-state index is 9.30. The van der Waals surface area contributed by atoms with Gasteiger partial charge in [-0.1, -0.05) is 11.8 Å². The Morgan fingerprint density at radius 2 is 2.08 bits per heavy atom. The molecular weight excluding hydrogens is 348 g/mol. The highest BCUT2D eigenvalue weighted by Gasteiger charge is 2.23. The summed E-state index contributed by atoms with van der Waals surface area (Å²) in [5.74, 6) is 1.61. The molecule has 0 unspecified atom stereocenters. The summed E-state index contributed by atoms with van der Waals surface area (Å²) in [6, 6.07) is 7.57. The third kappa shape index (κ3) is 4.22. The summed E-state index contributed by atoms with van der Waals surface area (Å²) in [6.45, 7) is 2.21. The van der Waals surface area contributed by atoms with Gasteiger partial charge in [-0.15, -0.1) is 0 Å². The van der Waals surface area contributed by atoms with Crippen LogP contribution in [0.2, 0.25) is 0 Å². The van der Waals surface area contributed by atoms with Crippen molar-refractivity contribution in [3.63, 3.8) is 0 Å². The van der Waals surface area contributed by atoms with Crippen LogP contribution < -0.4 is 9.64 Å². The van der Waals surface area contributed by atoms with Crippen molar-refractivity contribution < 1.29 is 4.74 Å². The lowest BCUT2D eigenvalue weighted by Crippen LogP contribution is -2.36. The predicted octanol–water partition coefficient (Wildman–Crippen LogP) is 2.63. The maximum atomic E-state index is 9.30. The van der Waals surface area contributed by atoms with Crippen LogP contribution in [0.4, 0.5) is 5.82 Å². The molecule has 0 bridgehead atoms. The zero-order valence-corrected chi connectivity index (χ0v) is 15.2. The normalized spacial score (nSPS) is 14.5. The third-order valence-corrected chi connectivity index (χ3v) is 4.86. The lowest BCUT2D eigenvalue weighted by atomic mass is 9.97. The molecule has 7 nitrogen and oxygen atoms in total. The van der Waals surface area contributed by atoms with E-state index in [4.69, 9.17) is 10.00 Å². The molecule has 8 heteroatoms. The van der Waals surface area contributed by atoms with E-state index in [2.05, 4.69) is 32.0 Å². The molecular formula is C18H18N6OS. The molecule has 26 heavy (non-hydrogen) atoms. The lowest BCUT2D eigenvalue weighted by Gasteiger charge is -2.33. The highest BCUT2D eigenvalue weighted by molar-refractivity contribution is 7.98. The van der Waals surface area contributed by atoms with Gasteiger partial charge < -0.3 is 9.64 Å². The minimum absolute atomic E-state index is 0.409. The topological polar surface area (TPSA) is 98.7 Å². The second kappa shape index (κ2) is 8.50. The number of ether oxygens (including phenoxy) is 1. The Hall–Kier alpha value is -2.84. The van der Waals surface area contributed by atoms with Crippen molar-refractivity contribution in [3.8, 4) is 18.0 Å². The van der Waals surface area contributed by atoms with Crippen molar-refractivity contribution in [2.24, 2.45) is 5.92 Å². The van der Waals surface area contributed by atoms with Crippen LogP contribution in [-0.2, 0) is 0 Å². The van der Waals surface area contributed by atoms with Crippen LogP contribution in [0, 0.1) is 28.6 Å². The van der Waals surface area contributed by atoms with Gasteiger partial charge in [-0.3, -0.25) is 0 Å². The van der Waals surface area contributed by atoms with E-state index >= 15 is 0 Å². The molecule has 3 rings (SSSR count). The molecule has 0 radical (unpaired) electrons. The smallest absolute Gasteiger partial charge is 0.214 e. The Morgan fingerprint density at radius 1 is 1.27 bits per heavy atom. The fraction of sp³-hybridized carbons (Fsp3) is 0.389. The summed E-state index contributed by atoms with van der Waals surface area (Å²) in [7, 11) is 0. The number of nitriles is 2. The number of thioether (sulfide) groups is 1. The van der Waals surface area contributed by atoms with Crippen LogP contribution in [-0.4, -0.2) is 40.9 Å². The van der Waals surface area contributed by atoms with E-state index in [1.54, 1.807) is 24.5 Å². The summed E-state index contributed by atoms with van der Waals surface area (Å²) in [5, 5.41) is 18.9. The number of anilines is 1. The van der Waals surface area contributed by atoms with Crippen LogP contribution in [0.25, 0.3) is 0 Å². The second-order valence-corrected chi connectivity index (χ2v) is 6.72. The van der Waals surface area contributed by atoms with Gasteiger partial charge in [0.15, 0.2) is 11.0 Å². The van der Waals surface area contributed by atoms with E-state index < -0.39 is 0 Å². The van der Waals surface area contributed by atoms with Crippen LogP contribution in [0.5, 0.6) is 5.88 Å². The zero-order chi connectivity index (χ0) is 18.4. The van der Waals surface area contributed by atoms with E-state index in [0.29, 0.717) is 34.7 Å². The van der Waals surface area contributed by atoms with Gasteiger partial charge in [0.2, 0.25) is 5.88 Å². The molecule has 2 aromatic rings. The second-order valence-electron chi connectivity index (χ2n) is 5.94. The highest BCUT2D eigenvalue weighted by Crippen LogP contribution is 2.26.